The fourth-order valence-electron chi connectivity index (χ4n) is 2.59. The molecule has 0 spiro atoms. The Kier molecular flexibility index (Phi) is 5.42. The van der Waals surface area contributed by atoms with Crippen LogP contribution in [0.25, 0.3) is 0 Å². The summed E-state index contributed by atoms with van der Waals surface area (Å²) in [6.07, 6.45) is 1.80. The van der Waals surface area contributed by atoms with Gasteiger partial charge >= 0.3 is 0 Å². The molecule has 0 radical (unpaired) electrons. The van der Waals surface area contributed by atoms with E-state index in [9.17, 15) is 4.79 Å². The van der Waals surface area contributed by atoms with Crippen LogP contribution < -0.4 is 10.1 Å². The first-order valence-corrected chi connectivity index (χ1v) is 9.42. The Balaban J connectivity index is 1.59. The van der Waals surface area contributed by atoms with Crippen LogP contribution in [0.5, 0.6) is 5.75 Å². The number of amides is 1. The first kappa shape index (κ1) is 18.2. The summed E-state index contributed by atoms with van der Waals surface area (Å²) in [5.74, 6) is 1.21. The smallest absolute Gasteiger partial charge is 0.265 e. The molecule has 0 unspecified atom stereocenters. The predicted octanol–water partition coefficient (Wildman–Crippen LogP) is 4.74. The quantitative estimate of drug-likeness (QED) is 0.682. The number of aryl methyl sites for hydroxylation is 2. The topological polar surface area (TPSA) is 56.2 Å². The molecule has 26 heavy (non-hydrogen) atoms. The maximum Gasteiger partial charge on any atom is 0.265 e. The molecular weight excluding hydrogens is 346 g/mol. The molecule has 1 N–H and O–H groups in total. The number of benzene rings is 1. The van der Waals surface area contributed by atoms with Gasteiger partial charge < -0.3 is 10.1 Å². The van der Waals surface area contributed by atoms with E-state index in [1.807, 2.05) is 37.6 Å². The number of carbonyl (C=O) groups excluding carboxylic acids is 1. The number of nitrogens with one attached hydrogen (secondary N) is 1. The summed E-state index contributed by atoms with van der Waals surface area (Å²) in [5, 5.41) is 9.08. The first-order chi connectivity index (χ1) is 12.4. The number of hydrogen-bond donors (Lipinski definition) is 1. The van der Waals surface area contributed by atoms with E-state index >= 15 is 0 Å². The number of carbonyl (C=O) groups is 1. The van der Waals surface area contributed by atoms with Crippen molar-refractivity contribution in [1.82, 2.24) is 9.78 Å². The Labute approximate surface area is 157 Å². The second-order valence-corrected chi connectivity index (χ2v) is 7.50. The van der Waals surface area contributed by atoms with E-state index in [0.717, 1.165) is 22.7 Å². The summed E-state index contributed by atoms with van der Waals surface area (Å²) in [5.41, 5.74) is 3.80. The molecule has 1 amide bonds. The van der Waals surface area contributed by atoms with Crippen LogP contribution in [0.15, 0.2) is 41.9 Å². The fraction of sp³-hybridized carbons (Fsp3) is 0.300. The summed E-state index contributed by atoms with van der Waals surface area (Å²) in [4.78, 5) is 13.0. The molecule has 6 heteroatoms. The van der Waals surface area contributed by atoms with Crippen molar-refractivity contribution >= 4 is 22.9 Å². The minimum atomic E-state index is -0.126. The van der Waals surface area contributed by atoms with Gasteiger partial charge in [0.15, 0.2) is 0 Å². The molecule has 0 aliphatic heterocycles. The van der Waals surface area contributed by atoms with Crippen LogP contribution >= 0.6 is 11.3 Å². The molecule has 3 aromatic rings. The maximum atomic E-state index is 12.4. The number of anilines is 1. The van der Waals surface area contributed by atoms with E-state index in [4.69, 9.17) is 4.74 Å². The summed E-state index contributed by atoms with van der Waals surface area (Å²) in [7, 11) is 1.83. The van der Waals surface area contributed by atoms with Crippen molar-refractivity contribution in [2.24, 2.45) is 7.05 Å². The van der Waals surface area contributed by atoms with Crippen LogP contribution in [0.1, 0.15) is 46.3 Å². The third-order valence-electron chi connectivity index (χ3n) is 4.09. The zero-order valence-electron chi connectivity index (χ0n) is 15.4. The monoisotopic (exact) mass is 369 g/mol. The lowest BCUT2D eigenvalue weighted by molar-refractivity contribution is 0.103. The van der Waals surface area contributed by atoms with Gasteiger partial charge in [0.2, 0.25) is 0 Å². The second-order valence-electron chi connectivity index (χ2n) is 6.59. The molecule has 0 atom stereocenters. The molecule has 2 heterocycles. The van der Waals surface area contributed by atoms with Crippen molar-refractivity contribution in [3.63, 3.8) is 0 Å². The summed E-state index contributed by atoms with van der Waals surface area (Å²) in [6.45, 7) is 6.65. The molecule has 136 valence electrons. The van der Waals surface area contributed by atoms with Gasteiger partial charge in [-0.1, -0.05) is 26.0 Å². The zero-order chi connectivity index (χ0) is 18.7. The average Bonchev–Trinajstić information content (AvgIpc) is 3.20. The third-order valence-corrected chi connectivity index (χ3v) is 5.07. The van der Waals surface area contributed by atoms with Gasteiger partial charge in [0.05, 0.1) is 16.3 Å². The van der Waals surface area contributed by atoms with E-state index in [0.29, 0.717) is 17.4 Å². The highest BCUT2D eigenvalue weighted by Gasteiger charge is 2.12. The minimum absolute atomic E-state index is 0.126. The van der Waals surface area contributed by atoms with Gasteiger partial charge in [-0.3, -0.25) is 9.48 Å². The van der Waals surface area contributed by atoms with E-state index < -0.39 is 0 Å². The Morgan fingerprint density at radius 3 is 2.65 bits per heavy atom. The van der Waals surface area contributed by atoms with E-state index in [2.05, 4.69) is 36.4 Å². The summed E-state index contributed by atoms with van der Waals surface area (Å²) in [6, 6.07) is 10.0. The molecular formula is C20H23N3O2S. The van der Waals surface area contributed by atoms with E-state index in [1.165, 1.54) is 16.9 Å². The number of thiophene rings is 1. The minimum Gasteiger partial charge on any atom is -0.489 e. The molecule has 3 rings (SSSR count). The lowest BCUT2D eigenvalue weighted by Crippen LogP contribution is -2.10. The lowest BCUT2D eigenvalue weighted by atomic mass is 10.0. The molecule has 0 saturated heterocycles. The summed E-state index contributed by atoms with van der Waals surface area (Å²) >= 11 is 1.41. The van der Waals surface area contributed by atoms with Crippen LogP contribution in [0, 0.1) is 6.92 Å². The Morgan fingerprint density at radius 1 is 1.31 bits per heavy atom. The van der Waals surface area contributed by atoms with Gasteiger partial charge in [-0.15, -0.1) is 11.3 Å². The number of hydrogen-bond acceptors (Lipinski definition) is 4. The van der Waals surface area contributed by atoms with Crippen LogP contribution in [0.2, 0.25) is 0 Å². The Hall–Kier alpha value is -2.60. The molecule has 5 nitrogen and oxygen atoms in total. The van der Waals surface area contributed by atoms with Crippen molar-refractivity contribution in [2.75, 3.05) is 5.32 Å². The standard InChI is InChI=1S/C20H23N3O2S/c1-13(2)16-5-7-17(8-6-16)25-11-15-9-19(26-12-15)20(24)21-18-10-23(4)22-14(18)3/h5-10,12-13H,11H2,1-4H3,(H,21,24). The largest absolute Gasteiger partial charge is 0.489 e. The fourth-order valence-corrected chi connectivity index (χ4v) is 3.38. The van der Waals surface area contributed by atoms with Crippen molar-refractivity contribution in [3.05, 3.63) is 63.6 Å². The van der Waals surface area contributed by atoms with Crippen molar-refractivity contribution in [2.45, 2.75) is 33.3 Å². The molecule has 1 aromatic carbocycles. The third kappa shape index (κ3) is 4.32. The van der Waals surface area contributed by atoms with Crippen molar-refractivity contribution in [1.29, 1.82) is 0 Å². The SMILES string of the molecule is Cc1nn(C)cc1NC(=O)c1cc(COc2ccc(C(C)C)cc2)cs1. The maximum absolute atomic E-state index is 12.4. The van der Waals surface area contributed by atoms with Crippen molar-refractivity contribution in [3.8, 4) is 5.75 Å². The highest BCUT2D eigenvalue weighted by atomic mass is 32.1. The van der Waals surface area contributed by atoms with Crippen molar-refractivity contribution < 1.29 is 9.53 Å². The molecule has 0 saturated carbocycles. The predicted molar refractivity (Wildman–Crippen MR) is 105 cm³/mol. The van der Waals surface area contributed by atoms with Crippen LogP contribution in [0.4, 0.5) is 5.69 Å². The number of ether oxygens (including phenoxy) is 1. The molecule has 0 aliphatic rings. The first-order valence-electron chi connectivity index (χ1n) is 8.54. The molecule has 0 fully saturated rings. The highest BCUT2D eigenvalue weighted by molar-refractivity contribution is 7.12. The van der Waals surface area contributed by atoms with E-state index in [1.54, 1.807) is 10.9 Å². The lowest BCUT2D eigenvalue weighted by Gasteiger charge is -2.08. The number of nitrogens with zero attached hydrogens (tertiary/aromatic N) is 2. The van der Waals surface area contributed by atoms with E-state index in [-0.39, 0.29) is 5.91 Å². The van der Waals surface area contributed by atoms with Gasteiger partial charge in [0.1, 0.15) is 12.4 Å². The number of rotatable bonds is 6. The normalized spacial score (nSPS) is 11.0. The van der Waals surface area contributed by atoms with Crippen LogP contribution in [0.3, 0.4) is 0 Å². The van der Waals surface area contributed by atoms with Gasteiger partial charge in [0.25, 0.3) is 5.91 Å². The molecule has 0 bridgehead atoms. The average molecular weight is 369 g/mol. The Morgan fingerprint density at radius 2 is 2.04 bits per heavy atom. The van der Waals surface area contributed by atoms with Gasteiger partial charge in [-0.25, -0.2) is 0 Å². The summed E-state index contributed by atoms with van der Waals surface area (Å²) < 4.78 is 7.51. The van der Waals surface area contributed by atoms with Crippen LogP contribution in [-0.4, -0.2) is 15.7 Å². The highest BCUT2D eigenvalue weighted by Crippen LogP contribution is 2.22. The molecule has 0 aliphatic carbocycles. The van der Waals surface area contributed by atoms with Gasteiger partial charge in [0, 0.05) is 18.8 Å². The van der Waals surface area contributed by atoms with Gasteiger partial charge in [-0.05, 0) is 42.0 Å². The Bertz CT molecular complexity index is 894. The number of aromatic nitrogens is 2. The van der Waals surface area contributed by atoms with Gasteiger partial charge in [-0.2, -0.15) is 5.10 Å². The molecule has 2 aromatic heterocycles. The second kappa shape index (κ2) is 7.74. The zero-order valence-corrected chi connectivity index (χ0v) is 16.3. The van der Waals surface area contributed by atoms with Crippen LogP contribution in [-0.2, 0) is 13.7 Å².